The van der Waals surface area contributed by atoms with Crippen molar-refractivity contribution in [2.75, 3.05) is 6.54 Å². The molecule has 1 fully saturated rings. The molecule has 4 rings (SSSR count). The lowest BCUT2D eigenvalue weighted by Gasteiger charge is -2.36. The zero-order chi connectivity index (χ0) is 22.0. The van der Waals surface area contributed by atoms with E-state index in [1.165, 1.54) is 36.7 Å². The van der Waals surface area contributed by atoms with Crippen LogP contribution in [-0.2, 0) is 6.54 Å². The van der Waals surface area contributed by atoms with Crippen LogP contribution >= 0.6 is 11.3 Å². The summed E-state index contributed by atoms with van der Waals surface area (Å²) in [7, 11) is 0. The van der Waals surface area contributed by atoms with E-state index in [1.54, 1.807) is 23.6 Å². The Balaban J connectivity index is 1.65. The SMILES string of the molecule is CC(C)C(O)CN(Cc1nc2scc(-c3ccccc3F)c2c(=O)[nH]1)C1CCCCC1. The van der Waals surface area contributed by atoms with Crippen molar-refractivity contribution in [1.29, 1.82) is 0 Å². The molecule has 1 aliphatic rings. The first-order chi connectivity index (χ1) is 14.9. The molecule has 1 aliphatic carbocycles. The molecule has 5 nitrogen and oxygen atoms in total. The summed E-state index contributed by atoms with van der Waals surface area (Å²) in [5, 5.41) is 12.8. The predicted molar refractivity (Wildman–Crippen MR) is 124 cm³/mol. The first-order valence-electron chi connectivity index (χ1n) is 11.1. The first-order valence-corrected chi connectivity index (χ1v) is 12.0. The van der Waals surface area contributed by atoms with Crippen molar-refractivity contribution in [1.82, 2.24) is 14.9 Å². The number of fused-ring (bicyclic) bond motifs is 1. The van der Waals surface area contributed by atoms with Crippen LogP contribution in [0.15, 0.2) is 34.4 Å². The van der Waals surface area contributed by atoms with Crippen molar-refractivity contribution in [3.8, 4) is 11.1 Å². The number of hydrogen-bond acceptors (Lipinski definition) is 5. The van der Waals surface area contributed by atoms with E-state index in [0.29, 0.717) is 46.3 Å². The highest BCUT2D eigenvalue weighted by atomic mass is 32.1. The van der Waals surface area contributed by atoms with Gasteiger partial charge in [0, 0.05) is 29.1 Å². The van der Waals surface area contributed by atoms with Gasteiger partial charge in [0.1, 0.15) is 16.5 Å². The van der Waals surface area contributed by atoms with Crippen molar-refractivity contribution in [2.45, 2.75) is 64.6 Å². The van der Waals surface area contributed by atoms with Crippen LogP contribution in [0.2, 0.25) is 0 Å². The monoisotopic (exact) mass is 443 g/mol. The van der Waals surface area contributed by atoms with Crippen LogP contribution in [0.5, 0.6) is 0 Å². The second-order valence-corrected chi connectivity index (χ2v) is 9.71. The smallest absolute Gasteiger partial charge is 0.260 e. The number of thiophene rings is 1. The molecule has 2 heterocycles. The van der Waals surface area contributed by atoms with Gasteiger partial charge in [-0.25, -0.2) is 9.37 Å². The van der Waals surface area contributed by atoms with E-state index in [1.807, 2.05) is 13.8 Å². The molecule has 1 unspecified atom stereocenters. The van der Waals surface area contributed by atoms with Gasteiger partial charge in [0.05, 0.1) is 18.0 Å². The Morgan fingerprint density at radius 2 is 1.97 bits per heavy atom. The number of aliphatic hydroxyl groups is 1. The van der Waals surface area contributed by atoms with Gasteiger partial charge in [0.25, 0.3) is 5.56 Å². The first kappa shape index (κ1) is 22.1. The largest absolute Gasteiger partial charge is 0.392 e. The summed E-state index contributed by atoms with van der Waals surface area (Å²) in [6, 6.07) is 6.87. The third-order valence-corrected chi connectivity index (χ3v) is 7.16. The van der Waals surface area contributed by atoms with Gasteiger partial charge in [-0.05, 0) is 24.8 Å². The number of rotatable bonds is 7. The average Bonchev–Trinajstić information content (AvgIpc) is 3.18. The van der Waals surface area contributed by atoms with Crippen LogP contribution in [-0.4, -0.2) is 38.7 Å². The summed E-state index contributed by atoms with van der Waals surface area (Å²) in [6.07, 6.45) is 5.43. The van der Waals surface area contributed by atoms with Gasteiger partial charge >= 0.3 is 0 Å². The molecule has 2 aromatic heterocycles. The summed E-state index contributed by atoms with van der Waals surface area (Å²) in [5.74, 6) is 0.416. The lowest BCUT2D eigenvalue weighted by molar-refractivity contribution is 0.0419. The molecule has 0 amide bonds. The second-order valence-electron chi connectivity index (χ2n) is 8.85. The molecule has 31 heavy (non-hydrogen) atoms. The fourth-order valence-electron chi connectivity index (χ4n) is 4.38. The van der Waals surface area contributed by atoms with Crippen LogP contribution < -0.4 is 5.56 Å². The Morgan fingerprint density at radius 1 is 1.23 bits per heavy atom. The number of aromatic nitrogens is 2. The van der Waals surface area contributed by atoms with E-state index in [9.17, 15) is 14.3 Å². The lowest BCUT2D eigenvalue weighted by Crippen LogP contribution is -2.43. The molecule has 0 saturated heterocycles. The number of nitrogens with zero attached hydrogens (tertiary/aromatic N) is 2. The Hall–Kier alpha value is -2.09. The maximum Gasteiger partial charge on any atom is 0.260 e. The number of benzene rings is 1. The normalized spacial score (nSPS) is 16.5. The Kier molecular flexibility index (Phi) is 6.84. The third kappa shape index (κ3) is 4.89. The summed E-state index contributed by atoms with van der Waals surface area (Å²) in [6.45, 7) is 5.10. The fraction of sp³-hybridized carbons (Fsp3) is 0.500. The molecule has 166 valence electrons. The van der Waals surface area contributed by atoms with Crippen LogP contribution in [0.25, 0.3) is 21.3 Å². The van der Waals surface area contributed by atoms with Gasteiger partial charge in [0.2, 0.25) is 0 Å². The van der Waals surface area contributed by atoms with E-state index in [4.69, 9.17) is 4.98 Å². The number of halogens is 1. The molecular weight excluding hydrogens is 413 g/mol. The van der Waals surface area contributed by atoms with Crippen molar-refractivity contribution < 1.29 is 9.50 Å². The standard InChI is InChI=1S/C24H30FN3O2S/c1-15(2)20(29)12-28(16-8-4-3-5-9-16)13-21-26-23(30)22-18(14-31-24(22)27-21)17-10-6-7-11-19(17)25/h6-7,10-11,14-16,20,29H,3-5,8-9,12-13H2,1-2H3,(H,26,27,30). The minimum absolute atomic E-state index is 0.168. The van der Waals surface area contributed by atoms with E-state index in [0.717, 1.165) is 12.8 Å². The molecule has 2 N–H and O–H groups in total. The second kappa shape index (κ2) is 9.59. The predicted octanol–water partition coefficient (Wildman–Crippen LogP) is 4.94. The van der Waals surface area contributed by atoms with E-state index in [2.05, 4.69) is 9.88 Å². The van der Waals surface area contributed by atoms with Gasteiger partial charge < -0.3 is 10.1 Å². The van der Waals surface area contributed by atoms with E-state index < -0.39 is 6.10 Å². The molecule has 1 aromatic carbocycles. The summed E-state index contributed by atoms with van der Waals surface area (Å²) >= 11 is 1.36. The topological polar surface area (TPSA) is 69.2 Å². The molecule has 0 radical (unpaired) electrons. The molecule has 1 atom stereocenters. The average molecular weight is 444 g/mol. The number of H-pyrrole nitrogens is 1. The molecule has 7 heteroatoms. The van der Waals surface area contributed by atoms with Gasteiger partial charge in [-0.1, -0.05) is 51.3 Å². The minimum Gasteiger partial charge on any atom is -0.392 e. The van der Waals surface area contributed by atoms with Crippen molar-refractivity contribution in [3.63, 3.8) is 0 Å². The van der Waals surface area contributed by atoms with Crippen LogP contribution in [0.3, 0.4) is 0 Å². The minimum atomic E-state index is -0.424. The van der Waals surface area contributed by atoms with Crippen LogP contribution in [0, 0.1) is 11.7 Å². The molecule has 3 aromatic rings. The summed E-state index contributed by atoms with van der Waals surface area (Å²) in [5.41, 5.74) is 0.753. The van der Waals surface area contributed by atoms with Crippen LogP contribution in [0.4, 0.5) is 4.39 Å². The van der Waals surface area contributed by atoms with Gasteiger partial charge in [-0.15, -0.1) is 11.3 Å². The highest BCUT2D eigenvalue weighted by Crippen LogP contribution is 2.32. The third-order valence-electron chi connectivity index (χ3n) is 6.29. The van der Waals surface area contributed by atoms with Crippen LogP contribution in [0.1, 0.15) is 51.8 Å². The van der Waals surface area contributed by atoms with Crippen molar-refractivity contribution in [2.24, 2.45) is 5.92 Å². The fourth-order valence-corrected chi connectivity index (χ4v) is 5.34. The zero-order valence-corrected chi connectivity index (χ0v) is 18.9. The maximum absolute atomic E-state index is 14.3. The summed E-state index contributed by atoms with van der Waals surface area (Å²) < 4.78 is 14.3. The molecule has 1 saturated carbocycles. The molecule has 0 aliphatic heterocycles. The van der Waals surface area contributed by atoms with E-state index >= 15 is 0 Å². The zero-order valence-electron chi connectivity index (χ0n) is 18.1. The van der Waals surface area contributed by atoms with Crippen molar-refractivity contribution in [3.05, 3.63) is 51.6 Å². The lowest BCUT2D eigenvalue weighted by atomic mass is 9.93. The highest BCUT2D eigenvalue weighted by molar-refractivity contribution is 7.17. The van der Waals surface area contributed by atoms with Crippen molar-refractivity contribution >= 4 is 21.6 Å². The Labute approximate surface area is 186 Å². The highest BCUT2D eigenvalue weighted by Gasteiger charge is 2.26. The number of aliphatic hydroxyl groups excluding tert-OH is 1. The summed E-state index contributed by atoms with van der Waals surface area (Å²) in [4.78, 5) is 23.5. The van der Waals surface area contributed by atoms with Gasteiger partial charge in [-0.2, -0.15) is 0 Å². The number of aromatic amines is 1. The molecule has 0 bridgehead atoms. The van der Waals surface area contributed by atoms with Gasteiger partial charge in [-0.3, -0.25) is 9.69 Å². The Bertz CT molecular complexity index is 1090. The quantitative estimate of drug-likeness (QED) is 0.543. The Morgan fingerprint density at radius 3 is 2.68 bits per heavy atom. The van der Waals surface area contributed by atoms with Gasteiger partial charge in [0.15, 0.2) is 0 Å². The molecular formula is C24H30FN3O2S. The number of hydrogen-bond donors (Lipinski definition) is 2. The maximum atomic E-state index is 14.3. The molecule has 0 spiro atoms. The van der Waals surface area contributed by atoms with E-state index in [-0.39, 0.29) is 17.3 Å². The number of nitrogens with one attached hydrogen (secondary N) is 1.